The normalized spacial score (nSPS) is 16.8. The van der Waals surface area contributed by atoms with Crippen molar-refractivity contribution in [1.29, 1.82) is 0 Å². The molecule has 3 heterocycles. The number of aromatic nitrogens is 2. The number of thiocarbonyl (C=S) groups is 1. The van der Waals surface area contributed by atoms with Gasteiger partial charge in [-0.15, -0.1) is 0 Å². The number of anilines is 2. The summed E-state index contributed by atoms with van der Waals surface area (Å²) in [5.74, 6) is 0.850. The summed E-state index contributed by atoms with van der Waals surface area (Å²) in [6, 6.07) is 25.2. The van der Waals surface area contributed by atoms with E-state index in [2.05, 4.69) is 95.9 Å². The molecule has 1 aliphatic heterocycles. The number of hydrogen-bond donors (Lipinski definition) is 1. The summed E-state index contributed by atoms with van der Waals surface area (Å²) < 4.78 is 8.04. The van der Waals surface area contributed by atoms with Crippen LogP contribution in [-0.4, -0.2) is 34.4 Å². The molecular weight excluding hydrogens is 502 g/mol. The van der Waals surface area contributed by atoms with Crippen LogP contribution in [-0.2, 0) is 0 Å². The first-order chi connectivity index (χ1) is 19.0. The number of aryl methyl sites for hydroxylation is 1. The van der Waals surface area contributed by atoms with Gasteiger partial charge in [-0.1, -0.05) is 6.07 Å². The lowest BCUT2D eigenvalue weighted by atomic mass is 9.96. The molecule has 0 aliphatic carbocycles. The van der Waals surface area contributed by atoms with Crippen molar-refractivity contribution in [2.75, 3.05) is 29.5 Å². The molecular formula is C32H37N5OS. The highest BCUT2D eigenvalue weighted by Gasteiger charge is 2.42. The first kappa shape index (κ1) is 26.8. The average Bonchev–Trinajstić information content (AvgIpc) is 3.45. The summed E-state index contributed by atoms with van der Waals surface area (Å²) in [5.41, 5.74) is 7.98. The van der Waals surface area contributed by atoms with Crippen LogP contribution >= 0.6 is 12.2 Å². The summed E-state index contributed by atoms with van der Waals surface area (Å²) in [7, 11) is 0. The van der Waals surface area contributed by atoms with Gasteiger partial charge < -0.3 is 24.4 Å². The number of pyridine rings is 1. The van der Waals surface area contributed by atoms with Crippen LogP contribution in [0.5, 0.6) is 5.75 Å². The minimum atomic E-state index is -0.0933. The van der Waals surface area contributed by atoms with Gasteiger partial charge in [-0.05, 0) is 119 Å². The van der Waals surface area contributed by atoms with Gasteiger partial charge in [0.05, 0.1) is 24.4 Å². The Morgan fingerprint density at radius 3 is 2.23 bits per heavy atom. The third-order valence-electron chi connectivity index (χ3n) is 7.55. The van der Waals surface area contributed by atoms with Crippen LogP contribution in [0, 0.1) is 13.8 Å². The van der Waals surface area contributed by atoms with E-state index in [1.807, 2.05) is 37.4 Å². The van der Waals surface area contributed by atoms with Crippen molar-refractivity contribution in [2.24, 2.45) is 0 Å². The Bertz CT molecular complexity index is 1410. The molecule has 7 heteroatoms. The van der Waals surface area contributed by atoms with E-state index in [9.17, 15) is 0 Å². The minimum absolute atomic E-state index is 0.0692. The zero-order valence-electron chi connectivity index (χ0n) is 23.4. The number of benzene rings is 2. The molecule has 0 bridgehead atoms. The van der Waals surface area contributed by atoms with E-state index >= 15 is 0 Å². The number of rotatable bonds is 9. The van der Waals surface area contributed by atoms with Crippen molar-refractivity contribution in [3.05, 3.63) is 102 Å². The van der Waals surface area contributed by atoms with Crippen LogP contribution in [0.15, 0.2) is 79.0 Å². The van der Waals surface area contributed by atoms with Crippen molar-refractivity contribution in [3.8, 4) is 11.4 Å². The molecule has 0 saturated carbocycles. The minimum Gasteiger partial charge on any atom is -0.494 e. The number of hydrogen-bond acceptors (Lipinski definition) is 4. The molecule has 1 aliphatic rings. The maximum atomic E-state index is 5.94. The Labute approximate surface area is 237 Å². The largest absolute Gasteiger partial charge is 0.494 e. The maximum absolute atomic E-state index is 5.94. The van der Waals surface area contributed by atoms with Gasteiger partial charge in [0, 0.05) is 47.7 Å². The summed E-state index contributed by atoms with van der Waals surface area (Å²) in [6.07, 6.45) is 1.84. The van der Waals surface area contributed by atoms with Gasteiger partial charge in [0.1, 0.15) is 5.75 Å². The zero-order chi connectivity index (χ0) is 27.5. The number of nitrogens with zero attached hydrogens (tertiary/aromatic N) is 4. The second-order valence-corrected chi connectivity index (χ2v) is 10.2. The van der Waals surface area contributed by atoms with E-state index in [1.165, 1.54) is 22.6 Å². The Balaban J connectivity index is 1.59. The van der Waals surface area contributed by atoms with E-state index < -0.39 is 0 Å². The van der Waals surface area contributed by atoms with Crippen LogP contribution in [0.3, 0.4) is 0 Å². The standard InChI is InChI=1S/C32H37N5OS/c1-6-35(7-2)24-12-14-25(15-13-24)36-22(4)21-28(23(36)5)31-30(29-11-9-10-20-33-29)34-32(39)37(31)26-16-18-27(19-17-26)38-8-3/h9-21,30-31H,6-8H2,1-5H3,(H,34,39)/t30-,31+/m1/s1. The average molecular weight is 540 g/mol. The highest BCUT2D eigenvalue weighted by Crippen LogP contribution is 2.44. The Morgan fingerprint density at radius 2 is 1.62 bits per heavy atom. The molecule has 0 unspecified atom stereocenters. The van der Waals surface area contributed by atoms with Crippen molar-refractivity contribution >= 4 is 28.7 Å². The van der Waals surface area contributed by atoms with Gasteiger partial charge in [0.15, 0.2) is 5.11 Å². The Kier molecular flexibility index (Phi) is 7.89. The predicted octanol–water partition coefficient (Wildman–Crippen LogP) is 6.91. The van der Waals surface area contributed by atoms with Gasteiger partial charge in [0.25, 0.3) is 0 Å². The van der Waals surface area contributed by atoms with E-state index in [0.717, 1.165) is 35.9 Å². The fraction of sp³-hybridized carbons (Fsp3) is 0.312. The second kappa shape index (κ2) is 11.5. The lowest BCUT2D eigenvalue weighted by molar-refractivity contribution is 0.340. The van der Waals surface area contributed by atoms with Crippen LogP contribution in [0.4, 0.5) is 11.4 Å². The zero-order valence-corrected chi connectivity index (χ0v) is 24.2. The Morgan fingerprint density at radius 1 is 0.923 bits per heavy atom. The molecule has 2 atom stereocenters. The first-order valence-corrected chi connectivity index (χ1v) is 14.1. The molecule has 4 aromatic rings. The monoisotopic (exact) mass is 539 g/mol. The highest BCUT2D eigenvalue weighted by atomic mass is 32.1. The summed E-state index contributed by atoms with van der Waals surface area (Å²) in [4.78, 5) is 9.30. The quantitative estimate of drug-likeness (QED) is 0.233. The molecule has 2 aromatic carbocycles. The molecule has 0 radical (unpaired) electrons. The van der Waals surface area contributed by atoms with Crippen LogP contribution in [0.1, 0.15) is 55.5 Å². The molecule has 1 N–H and O–H groups in total. The molecule has 0 amide bonds. The first-order valence-electron chi connectivity index (χ1n) is 13.7. The van der Waals surface area contributed by atoms with Crippen LogP contribution < -0.4 is 19.9 Å². The topological polar surface area (TPSA) is 45.6 Å². The summed E-state index contributed by atoms with van der Waals surface area (Å²) in [6.45, 7) is 13.4. The fourth-order valence-electron chi connectivity index (χ4n) is 5.70. The van der Waals surface area contributed by atoms with Crippen LogP contribution in [0.25, 0.3) is 5.69 Å². The third kappa shape index (κ3) is 5.11. The third-order valence-corrected chi connectivity index (χ3v) is 7.86. The lowest BCUT2D eigenvalue weighted by Crippen LogP contribution is -2.29. The summed E-state index contributed by atoms with van der Waals surface area (Å²) >= 11 is 5.94. The van der Waals surface area contributed by atoms with Gasteiger partial charge in [-0.3, -0.25) is 4.98 Å². The molecule has 1 fully saturated rings. The molecule has 6 nitrogen and oxygen atoms in total. The van der Waals surface area contributed by atoms with E-state index in [1.54, 1.807) is 0 Å². The van der Waals surface area contributed by atoms with Gasteiger partial charge in [-0.25, -0.2) is 0 Å². The molecule has 2 aromatic heterocycles. The van der Waals surface area contributed by atoms with E-state index in [-0.39, 0.29) is 12.1 Å². The maximum Gasteiger partial charge on any atom is 0.174 e. The van der Waals surface area contributed by atoms with Crippen molar-refractivity contribution in [3.63, 3.8) is 0 Å². The lowest BCUT2D eigenvalue weighted by Gasteiger charge is -2.28. The van der Waals surface area contributed by atoms with Crippen molar-refractivity contribution in [1.82, 2.24) is 14.9 Å². The van der Waals surface area contributed by atoms with Crippen LogP contribution in [0.2, 0.25) is 0 Å². The Hall–Kier alpha value is -3.84. The van der Waals surface area contributed by atoms with E-state index in [4.69, 9.17) is 21.9 Å². The van der Waals surface area contributed by atoms with Gasteiger partial charge in [-0.2, -0.15) is 0 Å². The SMILES string of the molecule is CCOc1ccc(N2C(=S)N[C@H](c3ccccn3)[C@@H]2c2cc(C)n(-c3ccc(N(CC)CC)cc3)c2C)cc1. The number of nitrogens with one attached hydrogen (secondary N) is 1. The molecule has 1 saturated heterocycles. The molecule has 0 spiro atoms. The van der Waals surface area contributed by atoms with Crippen molar-refractivity contribution < 1.29 is 4.74 Å². The van der Waals surface area contributed by atoms with Gasteiger partial charge >= 0.3 is 0 Å². The highest BCUT2D eigenvalue weighted by molar-refractivity contribution is 7.80. The fourth-order valence-corrected chi connectivity index (χ4v) is 6.05. The smallest absolute Gasteiger partial charge is 0.174 e. The van der Waals surface area contributed by atoms with Gasteiger partial charge in [0.2, 0.25) is 0 Å². The molecule has 202 valence electrons. The van der Waals surface area contributed by atoms with Crippen molar-refractivity contribution in [2.45, 2.75) is 46.7 Å². The number of ether oxygens (including phenoxy) is 1. The summed E-state index contributed by atoms with van der Waals surface area (Å²) in [5, 5.41) is 4.27. The molecule has 39 heavy (non-hydrogen) atoms. The van der Waals surface area contributed by atoms with E-state index in [0.29, 0.717) is 11.7 Å². The molecule has 5 rings (SSSR count). The second-order valence-electron chi connectivity index (χ2n) is 9.77. The predicted molar refractivity (Wildman–Crippen MR) is 164 cm³/mol.